The van der Waals surface area contributed by atoms with Gasteiger partial charge < -0.3 is 0 Å². The second-order valence-corrected chi connectivity index (χ2v) is 2.06. The predicted octanol–water partition coefficient (Wildman–Crippen LogP) is 1.87. The van der Waals surface area contributed by atoms with Crippen molar-refractivity contribution in [2.24, 2.45) is 0 Å². The van der Waals surface area contributed by atoms with Crippen molar-refractivity contribution in [2.75, 3.05) is 7.05 Å². The number of hydrogen-bond donors (Lipinski definition) is 1. The van der Waals surface area contributed by atoms with E-state index in [1.165, 1.54) is 0 Å². The van der Waals surface area contributed by atoms with Crippen molar-refractivity contribution in [1.82, 2.24) is 5.32 Å². The Morgan fingerprint density at radius 3 is 2.40 bits per heavy atom. The van der Waals surface area contributed by atoms with Gasteiger partial charge in [0.05, 0.1) is 0 Å². The summed E-state index contributed by atoms with van der Waals surface area (Å²) >= 11 is 0. The van der Waals surface area contributed by atoms with Gasteiger partial charge in [-0.1, -0.05) is 30.3 Å². The summed E-state index contributed by atoms with van der Waals surface area (Å²) in [5.41, 5.74) is 0.671. The molecular weight excluding hydrogens is 129 g/mol. The molecule has 0 amide bonds. The zero-order valence-electron chi connectivity index (χ0n) is 5.84. The molecule has 0 aliphatic rings. The summed E-state index contributed by atoms with van der Waals surface area (Å²) in [7, 11) is 1.59. The molecular formula is C8H10FN. The third-order valence-corrected chi connectivity index (χ3v) is 1.35. The summed E-state index contributed by atoms with van der Waals surface area (Å²) in [5.74, 6) is 0. The smallest absolute Gasteiger partial charge is 0.176 e. The van der Waals surface area contributed by atoms with Crippen LogP contribution in [0.25, 0.3) is 0 Å². The van der Waals surface area contributed by atoms with Gasteiger partial charge in [0.25, 0.3) is 0 Å². The Bertz CT molecular complexity index is 186. The Morgan fingerprint density at radius 2 is 1.90 bits per heavy atom. The van der Waals surface area contributed by atoms with E-state index in [1.807, 2.05) is 18.2 Å². The molecule has 1 aromatic carbocycles. The van der Waals surface area contributed by atoms with E-state index < -0.39 is 6.30 Å². The van der Waals surface area contributed by atoms with Crippen LogP contribution in [-0.2, 0) is 0 Å². The normalized spacial score (nSPS) is 13.0. The molecule has 0 aromatic heterocycles. The van der Waals surface area contributed by atoms with E-state index in [4.69, 9.17) is 0 Å². The second-order valence-electron chi connectivity index (χ2n) is 2.06. The molecule has 0 fully saturated rings. The molecule has 0 spiro atoms. The van der Waals surface area contributed by atoms with E-state index in [2.05, 4.69) is 5.32 Å². The fraction of sp³-hybridized carbons (Fsp3) is 0.250. The summed E-state index contributed by atoms with van der Waals surface area (Å²) in [4.78, 5) is 0. The molecule has 0 heterocycles. The van der Waals surface area contributed by atoms with Gasteiger partial charge in [-0.2, -0.15) is 0 Å². The van der Waals surface area contributed by atoms with E-state index in [0.29, 0.717) is 5.56 Å². The van der Waals surface area contributed by atoms with E-state index in [0.717, 1.165) is 0 Å². The Kier molecular flexibility index (Phi) is 2.40. The quantitative estimate of drug-likeness (QED) is 0.617. The monoisotopic (exact) mass is 139 g/mol. The van der Waals surface area contributed by atoms with Gasteiger partial charge in [0, 0.05) is 5.56 Å². The first-order valence-corrected chi connectivity index (χ1v) is 3.21. The first-order valence-electron chi connectivity index (χ1n) is 3.21. The van der Waals surface area contributed by atoms with Crippen LogP contribution >= 0.6 is 0 Å². The Balaban J connectivity index is 2.75. The summed E-state index contributed by atoms with van der Waals surface area (Å²) in [5, 5.41) is 2.51. The third kappa shape index (κ3) is 1.54. The number of benzene rings is 1. The highest BCUT2D eigenvalue weighted by Gasteiger charge is 2.02. The lowest BCUT2D eigenvalue weighted by Gasteiger charge is -2.04. The fourth-order valence-electron chi connectivity index (χ4n) is 0.789. The highest BCUT2D eigenvalue weighted by Crippen LogP contribution is 2.11. The van der Waals surface area contributed by atoms with E-state index in [9.17, 15) is 4.39 Å². The van der Waals surface area contributed by atoms with Crippen LogP contribution in [0.4, 0.5) is 4.39 Å². The van der Waals surface area contributed by atoms with Crippen LogP contribution in [0.1, 0.15) is 11.9 Å². The van der Waals surface area contributed by atoms with Gasteiger partial charge in [0.15, 0.2) is 6.30 Å². The Hall–Kier alpha value is -0.890. The van der Waals surface area contributed by atoms with Gasteiger partial charge in [-0.25, -0.2) is 4.39 Å². The van der Waals surface area contributed by atoms with Crippen molar-refractivity contribution in [3.8, 4) is 0 Å². The van der Waals surface area contributed by atoms with E-state index in [1.54, 1.807) is 19.2 Å². The van der Waals surface area contributed by atoms with Gasteiger partial charge >= 0.3 is 0 Å². The first-order chi connectivity index (χ1) is 4.84. The zero-order valence-corrected chi connectivity index (χ0v) is 5.84. The van der Waals surface area contributed by atoms with Crippen LogP contribution in [-0.4, -0.2) is 7.05 Å². The molecule has 0 aliphatic carbocycles. The molecule has 10 heavy (non-hydrogen) atoms. The second kappa shape index (κ2) is 3.32. The average molecular weight is 139 g/mol. The van der Waals surface area contributed by atoms with Crippen molar-refractivity contribution < 1.29 is 4.39 Å². The molecule has 2 heteroatoms. The van der Waals surface area contributed by atoms with Crippen LogP contribution < -0.4 is 5.32 Å². The van der Waals surface area contributed by atoms with Crippen LogP contribution in [0.15, 0.2) is 30.3 Å². The Labute approximate surface area is 59.9 Å². The Morgan fingerprint density at radius 1 is 1.30 bits per heavy atom. The van der Waals surface area contributed by atoms with Crippen molar-refractivity contribution in [3.05, 3.63) is 35.9 Å². The molecule has 0 bridgehead atoms. The minimum Gasteiger partial charge on any atom is -0.287 e. The molecule has 0 radical (unpaired) electrons. The lowest BCUT2D eigenvalue weighted by atomic mass is 10.2. The largest absolute Gasteiger partial charge is 0.287 e. The van der Waals surface area contributed by atoms with Crippen LogP contribution in [0, 0.1) is 0 Å². The molecule has 0 aliphatic heterocycles. The maximum atomic E-state index is 12.8. The minimum atomic E-state index is -1.04. The standard InChI is InChI=1S/C8H10FN/c1-10-8(9)7-5-3-2-4-6-7/h2-6,8,10H,1H3. The van der Waals surface area contributed by atoms with Gasteiger partial charge in [-0.15, -0.1) is 0 Å². The highest BCUT2D eigenvalue weighted by molar-refractivity contribution is 5.16. The lowest BCUT2D eigenvalue weighted by Crippen LogP contribution is -2.10. The summed E-state index contributed by atoms with van der Waals surface area (Å²) < 4.78 is 12.8. The summed E-state index contributed by atoms with van der Waals surface area (Å²) in [6.45, 7) is 0. The number of hydrogen-bond acceptors (Lipinski definition) is 1. The number of nitrogens with one attached hydrogen (secondary N) is 1. The van der Waals surface area contributed by atoms with Gasteiger partial charge in [-0.3, -0.25) is 5.32 Å². The van der Waals surface area contributed by atoms with E-state index in [-0.39, 0.29) is 0 Å². The first kappa shape index (κ1) is 7.22. The maximum absolute atomic E-state index is 12.8. The fourth-order valence-corrected chi connectivity index (χ4v) is 0.789. The van der Waals surface area contributed by atoms with Crippen LogP contribution in [0.2, 0.25) is 0 Å². The maximum Gasteiger partial charge on any atom is 0.176 e. The molecule has 54 valence electrons. The van der Waals surface area contributed by atoms with Gasteiger partial charge in [0.2, 0.25) is 0 Å². The lowest BCUT2D eigenvalue weighted by molar-refractivity contribution is 0.300. The summed E-state index contributed by atoms with van der Waals surface area (Å²) in [6.07, 6.45) is -1.04. The molecule has 1 atom stereocenters. The predicted molar refractivity (Wildman–Crippen MR) is 39.4 cm³/mol. The van der Waals surface area contributed by atoms with Crippen molar-refractivity contribution in [1.29, 1.82) is 0 Å². The topological polar surface area (TPSA) is 12.0 Å². The number of alkyl halides is 1. The molecule has 1 nitrogen and oxygen atoms in total. The molecule has 1 rings (SSSR count). The third-order valence-electron chi connectivity index (χ3n) is 1.35. The number of rotatable bonds is 2. The summed E-state index contributed by atoms with van der Waals surface area (Å²) in [6, 6.07) is 9.01. The average Bonchev–Trinajstić information content (AvgIpc) is 2.05. The van der Waals surface area contributed by atoms with Crippen LogP contribution in [0.3, 0.4) is 0 Å². The molecule has 0 saturated heterocycles. The SMILES string of the molecule is CNC(F)c1ccccc1. The van der Waals surface area contributed by atoms with Crippen molar-refractivity contribution >= 4 is 0 Å². The molecule has 0 saturated carbocycles. The van der Waals surface area contributed by atoms with Gasteiger partial charge in [0.1, 0.15) is 0 Å². The minimum absolute atomic E-state index is 0.671. The van der Waals surface area contributed by atoms with Crippen molar-refractivity contribution in [3.63, 3.8) is 0 Å². The van der Waals surface area contributed by atoms with E-state index >= 15 is 0 Å². The van der Waals surface area contributed by atoms with Gasteiger partial charge in [-0.05, 0) is 7.05 Å². The number of halogens is 1. The molecule has 1 aromatic rings. The molecule has 1 unspecified atom stereocenters. The highest BCUT2D eigenvalue weighted by atomic mass is 19.1. The van der Waals surface area contributed by atoms with Crippen LogP contribution in [0.5, 0.6) is 0 Å². The molecule has 1 N–H and O–H groups in total. The zero-order chi connectivity index (χ0) is 7.40. The van der Waals surface area contributed by atoms with Crippen molar-refractivity contribution in [2.45, 2.75) is 6.30 Å².